The monoisotopic (exact) mass is 500 g/mol. The number of hydrogen-bond acceptors (Lipinski definition) is 6. The Kier molecular flexibility index (Phi) is 5.38. The Bertz CT molecular complexity index is 1080. The lowest BCUT2D eigenvalue weighted by Gasteiger charge is -2.71. The van der Waals surface area contributed by atoms with Crippen molar-refractivity contribution in [2.24, 2.45) is 50.2 Å². The summed E-state index contributed by atoms with van der Waals surface area (Å²) in [7, 11) is 0. The number of carbonyl (C=O) groups excluding carboxylic acids is 3. The molecule has 6 nitrogen and oxygen atoms in total. The van der Waals surface area contributed by atoms with Gasteiger partial charge in [0.05, 0.1) is 24.2 Å². The van der Waals surface area contributed by atoms with Gasteiger partial charge in [-0.2, -0.15) is 0 Å². The van der Waals surface area contributed by atoms with Gasteiger partial charge in [-0.15, -0.1) is 0 Å². The number of carbonyl (C=O) groups is 3. The van der Waals surface area contributed by atoms with E-state index in [4.69, 9.17) is 0 Å². The van der Waals surface area contributed by atoms with E-state index in [0.29, 0.717) is 32.1 Å². The third kappa shape index (κ3) is 2.82. The minimum absolute atomic E-state index is 0.00889. The van der Waals surface area contributed by atoms with Crippen molar-refractivity contribution in [3.63, 3.8) is 0 Å². The van der Waals surface area contributed by atoms with Gasteiger partial charge in [0.25, 0.3) is 0 Å². The van der Waals surface area contributed by atoms with Gasteiger partial charge in [-0.05, 0) is 54.4 Å². The SMILES string of the molecule is CC1(C)CC(=O)[C@]2(C)C[C@H](O)[C@]3(C)C(=CC(=O)[C@@H]4[C@@]5(C)CCC(=O)[C@](C)(CO)[C@@H]5C[C@H](O)[C@]43C)[C@@H]2C1. The second-order valence-electron chi connectivity index (χ2n) is 14.9. The Balaban J connectivity index is 1.72. The number of Topliss-reactive ketones (excluding diaryl/α,β-unsaturated/α-hetero) is 2. The minimum atomic E-state index is -1.01. The van der Waals surface area contributed by atoms with E-state index in [0.717, 1.165) is 12.0 Å². The molecule has 5 aliphatic rings. The molecule has 0 unspecified atom stereocenters. The number of fused-ring (bicyclic) bond motifs is 7. The summed E-state index contributed by atoms with van der Waals surface area (Å²) in [5, 5.41) is 34.1. The first-order chi connectivity index (χ1) is 16.4. The standard InChI is InChI=1S/C30H44O6/c1-25(2)12-17-16-10-18(32)24-26(3)9-8-20(33)28(5,15-31)19(26)11-21(34)30(24,7)29(16,6)23(36)14-27(17,4)22(35)13-25/h10,17,19,21,23-24,31,34,36H,8-9,11-15H2,1-7H3/t17-,19+,21-,23-,24+,26-,27+,28+,29-,30+/m0/s1. The molecule has 0 bridgehead atoms. The highest BCUT2D eigenvalue weighted by Gasteiger charge is 2.75. The van der Waals surface area contributed by atoms with Gasteiger partial charge < -0.3 is 15.3 Å². The first-order valence-corrected chi connectivity index (χ1v) is 13.7. The van der Waals surface area contributed by atoms with E-state index in [1.54, 1.807) is 13.0 Å². The van der Waals surface area contributed by atoms with Gasteiger partial charge in [0.2, 0.25) is 0 Å². The van der Waals surface area contributed by atoms with Crippen LogP contribution in [0.1, 0.15) is 87.0 Å². The van der Waals surface area contributed by atoms with Crippen LogP contribution < -0.4 is 0 Å². The number of allylic oxidation sites excluding steroid dienone is 1. The molecule has 4 saturated carbocycles. The maximum Gasteiger partial charge on any atom is 0.159 e. The number of aliphatic hydroxyl groups is 3. The highest BCUT2D eigenvalue weighted by Crippen LogP contribution is 2.74. The first-order valence-electron chi connectivity index (χ1n) is 13.7. The van der Waals surface area contributed by atoms with Gasteiger partial charge >= 0.3 is 0 Å². The normalized spacial score (nSPS) is 54.1. The lowest BCUT2D eigenvalue weighted by atomic mass is 9.32. The van der Waals surface area contributed by atoms with Crippen molar-refractivity contribution >= 4 is 17.3 Å². The zero-order valence-electron chi connectivity index (χ0n) is 23.0. The summed E-state index contributed by atoms with van der Waals surface area (Å²) in [6.45, 7) is 13.6. The summed E-state index contributed by atoms with van der Waals surface area (Å²) in [5.41, 5.74) is -3.60. The van der Waals surface area contributed by atoms with E-state index in [1.165, 1.54) is 0 Å². The van der Waals surface area contributed by atoms with Crippen LogP contribution in [0.25, 0.3) is 0 Å². The second-order valence-corrected chi connectivity index (χ2v) is 14.9. The lowest BCUT2D eigenvalue weighted by molar-refractivity contribution is -0.243. The second kappa shape index (κ2) is 7.39. The van der Waals surface area contributed by atoms with Crippen LogP contribution in [0.15, 0.2) is 11.6 Å². The fourth-order valence-corrected chi connectivity index (χ4v) is 10.2. The maximum absolute atomic E-state index is 14.2. The van der Waals surface area contributed by atoms with Crippen molar-refractivity contribution in [1.29, 1.82) is 0 Å². The van der Waals surface area contributed by atoms with Gasteiger partial charge in [-0.25, -0.2) is 0 Å². The summed E-state index contributed by atoms with van der Waals surface area (Å²) >= 11 is 0. The van der Waals surface area contributed by atoms with Crippen molar-refractivity contribution in [2.45, 2.75) is 99.2 Å². The van der Waals surface area contributed by atoms with Gasteiger partial charge in [0.15, 0.2) is 5.78 Å². The quantitative estimate of drug-likeness (QED) is 0.507. The molecule has 0 spiro atoms. The van der Waals surface area contributed by atoms with E-state index in [2.05, 4.69) is 20.8 Å². The molecule has 5 rings (SSSR count). The van der Waals surface area contributed by atoms with Gasteiger partial charge in [-0.3, -0.25) is 14.4 Å². The zero-order chi connectivity index (χ0) is 26.9. The van der Waals surface area contributed by atoms with Crippen LogP contribution in [0.5, 0.6) is 0 Å². The molecule has 200 valence electrons. The van der Waals surface area contributed by atoms with Crippen molar-refractivity contribution < 1.29 is 29.7 Å². The molecule has 0 aromatic heterocycles. The molecule has 36 heavy (non-hydrogen) atoms. The topological polar surface area (TPSA) is 112 Å². The fourth-order valence-electron chi connectivity index (χ4n) is 10.2. The molecular formula is C30H44O6. The van der Waals surface area contributed by atoms with Crippen LogP contribution in [0, 0.1) is 50.2 Å². The molecule has 0 aromatic carbocycles. The molecule has 0 radical (unpaired) electrons. The van der Waals surface area contributed by atoms with Crippen molar-refractivity contribution in [3.05, 3.63) is 11.6 Å². The molecule has 6 heteroatoms. The average molecular weight is 501 g/mol. The average Bonchev–Trinajstić information content (AvgIpc) is 2.77. The highest BCUT2D eigenvalue weighted by molar-refractivity contribution is 5.97. The van der Waals surface area contributed by atoms with E-state index in [-0.39, 0.29) is 41.2 Å². The Labute approximate surface area is 214 Å². The molecule has 3 N–H and O–H groups in total. The third-order valence-electron chi connectivity index (χ3n) is 12.6. The van der Waals surface area contributed by atoms with Gasteiger partial charge in [0.1, 0.15) is 11.6 Å². The largest absolute Gasteiger partial charge is 0.395 e. The summed E-state index contributed by atoms with van der Waals surface area (Å²) in [4.78, 5) is 40.7. The van der Waals surface area contributed by atoms with E-state index in [1.807, 2.05) is 20.8 Å². The van der Waals surface area contributed by atoms with Crippen molar-refractivity contribution in [1.82, 2.24) is 0 Å². The van der Waals surface area contributed by atoms with Crippen LogP contribution in [-0.2, 0) is 14.4 Å². The van der Waals surface area contributed by atoms with E-state index in [9.17, 15) is 29.7 Å². The summed E-state index contributed by atoms with van der Waals surface area (Å²) < 4.78 is 0. The summed E-state index contributed by atoms with van der Waals surface area (Å²) in [5.74, 6) is -1.04. The Morgan fingerprint density at radius 2 is 1.56 bits per heavy atom. The third-order valence-corrected chi connectivity index (χ3v) is 12.6. The van der Waals surface area contributed by atoms with E-state index >= 15 is 0 Å². The van der Waals surface area contributed by atoms with E-state index < -0.39 is 45.2 Å². The smallest absolute Gasteiger partial charge is 0.159 e. The molecule has 0 aromatic rings. The van der Waals surface area contributed by atoms with Gasteiger partial charge in [-0.1, -0.05) is 54.0 Å². The number of ketones is 3. The van der Waals surface area contributed by atoms with Crippen molar-refractivity contribution in [3.8, 4) is 0 Å². The molecule has 0 saturated heterocycles. The molecule has 0 amide bonds. The predicted molar refractivity (Wildman–Crippen MR) is 135 cm³/mol. The lowest BCUT2D eigenvalue weighted by Crippen LogP contribution is -2.73. The van der Waals surface area contributed by atoms with Crippen LogP contribution in [0.3, 0.4) is 0 Å². The number of hydrogen-bond donors (Lipinski definition) is 3. The molecule has 4 fully saturated rings. The predicted octanol–water partition coefficient (Wildman–Crippen LogP) is 3.65. The minimum Gasteiger partial charge on any atom is -0.395 e. The van der Waals surface area contributed by atoms with Crippen molar-refractivity contribution in [2.75, 3.05) is 6.61 Å². The fraction of sp³-hybridized carbons (Fsp3) is 0.833. The Morgan fingerprint density at radius 1 is 0.917 bits per heavy atom. The molecule has 10 atom stereocenters. The highest BCUT2D eigenvalue weighted by atomic mass is 16.3. The summed E-state index contributed by atoms with van der Waals surface area (Å²) in [6, 6.07) is 0. The number of rotatable bonds is 1. The van der Waals surface area contributed by atoms with Crippen LogP contribution in [-0.4, -0.2) is 51.5 Å². The van der Waals surface area contributed by atoms with Gasteiger partial charge in [0, 0.05) is 35.0 Å². The summed E-state index contributed by atoms with van der Waals surface area (Å²) in [6.07, 6.45) is 2.52. The van der Waals surface area contributed by atoms with Crippen LogP contribution in [0.4, 0.5) is 0 Å². The van der Waals surface area contributed by atoms with Crippen LogP contribution >= 0.6 is 0 Å². The molecule has 5 aliphatic carbocycles. The maximum atomic E-state index is 14.2. The molecule has 0 aliphatic heterocycles. The first kappa shape index (κ1) is 26.2. The Hall–Kier alpha value is -1.37. The zero-order valence-corrected chi connectivity index (χ0v) is 23.0. The molecule has 0 heterocycles. The number of aliphatic hydroxyl groups excluding tert-OH is 3. The Morgan fingerprint density at radius 3 is 2.17 bits per heavy atom. The molecular weight excluding hydrogens is 456 g/mol. The van der Waals surface area contributed by atoms with Crippen LogP contribution in [0.2, 0.25) is 0 Å².